The summed E-state index contributed by atoms with van der Waals surface area (Å²) in [6.45, 7) is 15.5. The second-order valence-electron chi connectivity index (χ2n) is 11.1. The molecule has 35 heavy (non-hydrogen) atoms. The molecular formula is C27H44N6O2. The van der Waals surface area contributed by atoms with Gasteiger partial charge in [-0.1, -0.05) is 38.1 Å². The van der Waals surface area contributed by atoms with Crippen LogP contribution in [0.1, 0.15) is 31.4 Å². The van der Waals surface area contributed by atoms with Crippen molar-refractivity contribution in [2.24, 2.45) is 11.8 Å². The van der Waals surface area contributed by atoms with Crippen molar-refractivity contribution in [2.75, 3.05) is 79.0 Å². The SMILES string of the molecule is CC1CC(C)CN(C(=O)CN2CCN(C(=O)NCc3ccc(CN4CCN(C)CC4)cc3)CC2)C1. The van der Waals surface area contributed by atoms with Crippen LogP contribution in [-0.2, 0) is 17.9 Å². The average Bonchev–Trinajstić information content (AvgIpc) is 2.84. The predicted octanol–water partition coefficient (Wildman–Crippen LogP) is 1.77. The van der Waals surface area contributed by atoms with Crippen molar-refractivity contribution in [3.05, 3.63) is 35.4 Å². The zero-order chi connectivity index (χ0) is 24.8. The van der Waals surface area contributed by atoms with Crippen LogP contribution in [0.15, 0.2) is 24.3 Å². The van der Waals surface area contributed by atoms with Crippen molar-refractivity contribution >= 4 is 11.9 Å². The first-order chi connectivity index (χ1) is 16.9. The summed E-state index contributed by atoms with van der Waals surface area (Å²) in [6.07, 6.45) is 1.21. The molecule has 3 amide bonds. The second kappa shape index (κ2) is 12.2. The van der Waals surface area contributed by atoms with Gasteiger partial charge in [0.15, 0.2) is 0 Å². The number of hydrogen-bond donors (Lipinski definition) is 1. The largest absolute Gasteiger partial charge is 0.341 e. The summed E-state index contributed by atoms with van der Waals surface area (Å²) >= 11 is 0. The average molecular weight is 485 g/mol. The minimum Gasteiger partial charge on any atom is -0.341 e. The number of likely N-dealkylation sites (tertiary alicyclic amines) is 1. The van der Waals surface area contributed by atoms with Gasteiger partial charge in [-0.15, -0.1) is 0 Å². The first kappa shape index (κ1) is 25.9. The predicted molar refractivity (Wildman–Crippen MR) is 139 cm³/mol. The molecule has 3 aliphatic heterocycles. The van der Waals surface area contributed by atoms with Crippen LogP contribution < -0.4 is 5.32 Å². The van der Waals surface area contributed by atoms with Crippen molar-refractivity contribution in [1.29, 1.82) is 0 Å². The number of piperazine rings is 2. The molecular weight excluding hydrogens is 440 g/mol. The zero-order valence-corrected chi connectivity index (χ0v) is 21.9. The molecule has 0 radical (unpaired) electrons. The Bertz CT molecular complexity index is 821. The summed E-state index contributed by atoms with van der Waals surface area (Å²) in [6, 6.07) is 8.59. The zero-order valence-electron chi connectivity index (χ0n) is 21.9. The molecule has 1 N–H and O–H groups in total. The highest BCUT2D eigenvalue weighted by Gasteiger charge is 2.28. The smallest absolute Gasteiger partial charge is 0.317 e. The van der Waals surface area contributed by atoms with E-state index in [4.69, 9.17) is 0 Å². The number of rotatable bonds is 6. The Balaban J connectivity index is 1.14. The Morgan fingerprint density at radius 1 is 0.800 bits per heavy atom. The standard InChI is InChI=1S/C27H44N6O2/c1-22-16-23(2)19-33(18-22)26(34)21-31-12-14-32(15-13-31)27(35)28-17-24-4-6-25(7-5-24)20-30-10-8-29(3)9-11-30/h4-7,22-23H,8-21H2,1-3H3,(H,28,35). The number of carbonyl (C=O) groups is 2. The van der Waals surface area contributed by atoms with Gasteiger partial charge in [0.2, 0.25) is 5.91 Å². The minimum absolute atomic E-state index is 0.0174. The highest BCUT2D eigenvalue weighted by Crippen LogP contribution is 2.21. The van der Waals surface area contributed by atoms with Gasteiger partial charge in [-0.3, -0.25) is 14.6 Å². The van der Waals surface area contributed by atoms with Gasteiger partial charge >= 0.3 is 6.03 Å². The molecule has 0 saturated carbocycles. The van der Waals surface area contributed by atoms with E-state index in [9.17, 15) is 9.59 Å². The van der Waals surface area contributed by atoms with Gasteiger partial charge in [0.25, 0.3) is 0 Å². The van der Waals surface area contributed by atoms with Crippen molar-refractivity contribution in [3.8, 4) is 0 Å². The lowest BCUT2D eigenvalue weighted by molar-refractivity contribution is -0.135. The Labute approximate surface area is 211 Å². The normalized spacial score (nSPS) is 25.0. The van der Waals surface area contributed by atoms with Crippen molar-refractivity contribution < 1.29 is 9.59 Å². The van der Waals surface area contributed by atoms with Crippen LogP contribution in [0.5, 0.6) is 0 Å². The van der Waals surface area contributed by atoms with Crippen LogP contribution in [0, 0.1) is 11.8 Å². The van der Waals surface area contributed by atoms with Gasteiger partial charge in [0.05, 0.1) is 6.54 Å². The summed E-state index contributed by atoms with van der Waals surface area (Å²) in [5.41, 5.74) is 2.44. The fourth-order valence-electron chi connectivity index (χ4n) is 5.58. The third-order valence-corrected chi connectivity index (χ3v) is 7.71. The van der Waals surface area contributed by atoms with Gasteiger partial charge in [-0.05, 0) is 36.4 Å². The Kier molecular flexibility index (Phi) is 9.03. The molecule has 2 atom stereocenters. The Morgan fingerprint density at radius 3 is 2.00 bits per heavy atom. The van der Waals surface area contributed by atoms with Gasteiger partial charge in [-0.25, -0.2) is 4.79 Å². The number of nitrogens with zero attached hydrogens (tertiary/aromatic N) is 5. The Morgan fingerprint density at radius 2 is 1.37 bits per heavy atom. The van der Waals surface area contributed by atoms with E-state index in [1.807, 2.05) is 9.80 Å². The van der Waals surface area contributed by atoms with Crippen LogP contribution in [0.2, 0.25) is 0 Å². The molecule has 4 rings (SSSR count). The summed E-state index contributed by atoms with van der Waals surface area (Å²) in [5, 5.41) is 3.07. The number of nitrogens with one attached hydrogen (secondary N) is 1. The van der Waals surface area contributed by atoms with E-state index < -0.39 is 0 Å². The third-order valence-electron chi connectivity index (χ3n) is 7.71. The van der Waals surface area contributed by atoms with E-state index in [1.165, 1.54) is 12.0 Å². The van der Waals surface area contributed by atoms with Crippen LogP contribution in [0.4, 0.5) is 4.79 Å². The maximum atomic E-state index is 12.8. The van der Waals surface area contributed by atoms with Crippen molar-refractivity contribution in [1.82, 2.24) is 29.8 Å². The molecule has 1 aromatic carbocycles. The van der Waals surface area contributed by atoms with Crippen molar-refractivity contribution in [3.63, 3.8) is 0 Å². The lowest BCUT2D eigenvalue weighted by Gasteiger charge is -2.38. The lowest BCUT2D eigenvalue weighted by Crippen LogP contribution is -2.54. The number of amides is 3. The molecule has 8 heteroatoms. The molecule has 0 aliphatic carbocycles. The minimum atomic E-state index is -0.0174. The van der Waals surface area contributed by atoms with E-state index >= 15 is 0 Å². The van der Waals surface area contributed by atoms with E-state index in [1.54, 1.807) is 0 Å². The topological polar surface area (TPSA) is 62.4 Å². The fourth-order valence-corrected chi connectivity index (χ4v) is 5.58. The fraction of sp³-hybridized carbons (Fsp3) is 0.704. The van der Waals surface area contributed by atoms with Crippen LogP contribution in [0.25, 0.3) is 0 Å². The molecule has 3 fully saturated rings. The quantitative estimate of drug-likeness (QED) is 0.667. The molecule has 3 aliphatic rings. The van der Waals surface area contributed by atoms with E-state index in [-0.39, 0.29) is 11.9 Å². The number of hydrogen-bond acceptors (Lipinski definition) is 5. The molecule has 1 aromatic rings. The van der Waals surface area contributed by atoms with E-state index in [0.29, 0.717) is 38.0 Å². The highest BCUT2D eigenvalue weighted by molar-refractivity contribution is 5.78. The second-order valence-corrected chi connectivity index (χ2v) is 11.1. The number of urea groups is 1. The monoisotopic (exact) mass is 484 g/mol. The maximum absolute atomic E-state index is 12.8. The molecule has 8 nitrogen and oxygen atoms in total. The van der Waals surface area contributed by atoms with E-state index in [2.05, 4.69) is 65.2 Å². The number of carbonyl (C=O) groups excluding carboxylic acids is 2. The number of piperidine rings is 1. The van der Waals surface area contributed by atoms with Gasteiger partial charge < -0.3 is 20.0 Å². The summed E-state index contributed by atoms with van der Waals surface area (Å²) in [7, 11) is 2.18. The molecule has 2 unspecified atom stereocenters. The maximum Gasteiger partial charge on any atom is 0.317 e. The van der Waals surface area contributed by atoms with E-state index in [0.717, 1.165) is 64.5 Å². The molecule has 3 saturated heterocycles. The number of likely N-dealkylation sites (N-methyl/N-ethyl adjacent to an activating group) is 1. The first-order valence-electron chi connectivity index (χ1n) is 13.4. The lowest BCUT2D eigenvalue weighted by atomic mass is 9.92. The summed E-state index contributed by atoms with van der Waals surface area (Å²) in [4.78, 5) is 36.4. The molecule has 0 spiro atoms. The summed E-state index contributed by atoms with van der Waals surface area (Å²) < 4.78 is 0. The molecule has 0 bridgehead atoms. The van der Waals surface area contributed by atoms with Crippen molar-refractivity contribution in [2.45, 2.75) is 33.4 Å². The molecule has 0 aromatic heterocycles. The molecule has 3 heterocycles. The van der Waals surface area contributed by atoms with Gasteiger partial charge in [0.1, 0.15) is 0 Å². The number of benzene rings is 1. The van der Waals surface area contributed by atoms with Crippen LogP contribution in [-0.4, -0.2) is 115 Å². The van der Waals surface area contributed by atoms with Gasteiger partial charge in [0, 0.05) is 78.5 Å². The first-order valence-corrected chi connectivity index (χ1v) is 13.4. The summed E-state index contributed by atoms with van der Waals surface area (Å²) in [5.74, 6) is 1.39. The van der Waals surface area contributed by atoms with Gasteiger partial charge in [-0.2, -0.15) is 0 Å². The third kappa shape index (κ3) is 7.66. The highest BCUT2D eigenvalue weighted by atomic mass is 16.2. The van der Waals surface area contributed by atoms with Crippen LogP contribution >= 0.6 is 0 Å². The van der Waals surface area contributed by atoms with Crippen LogP contribution in [0.3, 0.4) is 0 Å². The molecule has 194 valence electrons. The Hall–Kier alpha value is -2.16.